The second kappa shape index (κ2) is 6.02. The molecule has 0 aromatic carbocycles. The lowest BCUT2D eigenvalue weighted by molar-refractivity contribution is -0.147. The summed E-state index contributed by atoms with van der Waals surface area (Å²) in [6.45, 7) is 4.46. The molecular formula is C13H20N4O3. The molecule has 0 aliphatic carbocycles. The first-order chi connectivity index (χ1) is 9.54. The largest absolute Gasteiger partial charge is 0.467 e. The zero-order valence-corrected chi connectivity index (χ0v) is 12.0. The predicted octanol–water partition coefficient (Wildman–Crippen LogP) is 1.10. The summed E-state index contributed by atoms with van der Waals surface area (Å²) < 4.78 is 4.77. The Bertz CT molecular complexity index is 498. The van der Waals surface area contributed by atoms with Crippen molar-refractivity contribution >= 4 is 11.9 Å². The Morgan fingerprint density at radius 1 is 1.40 bits per heavy atom. The van der Waals surface area contributed by atoms with Gasteiger partial charge in [-0.15, -0.1) is 5.10 Å². The SMILES string of the molecule is COC(=O)C1CCCCN1C(=O)c1n[nH]c(C(C)C)n1. The van der Waals surface area contributed by atoms with Gasteiger partial charge in [0.2, 0.25) is 5.82 Å². The molecule has 0 saturated carbocycles. The highest BCUT2D eigenvalue weighted by atomic mass is 16.5. The third kappa shape index (κ3) is 2.81. The van der Waals surface area contributed by atoms with Gasteiger partial charge in [-0.2, -0.15) is 0 Å². The summed E-state index contributed by atoms with van der Waals surface area (Å²) >= 11 is 0. The first kappa shape index (κ1) is 14.5. The number of carbonyl (C=O) groups excluding carboxylic acids is 2. The number of ether oxygens (including phenoxy) is 1. The number of hydrogen-bond donors (Lipinski definition) is 1. The quantitative estimate of drug-likeness (QED) is 0.837. The van der Waals surface area contributed by atoms with Crippen LogP contribution in [0.3, 0.4) is 0 Å². The van der Waals surface area contributed by atoms with E-state index in [0.29, 0.717) is 18.8 Å². The lowest BCUT2D eigenvalue weighted by Crippen LogP contribution is -2.48. The minimum atomic E-state index is -0.526. The minimum Gasteiger partial charge on any atom is -0.467 e. The van der Waals surface area contributed by atoms with Gasteiger partial charge in [-0.05, 0) is 19.3 Å². The van der Waals surface area contributed by atoms with Crippen molar-refractivity contribution in [1.82, 2.24) is 20.1 Å². The van der Waals surface area contributed by atoms with Crippen LogP contribution in [0.1, 0.15) is 55.5 Å². The van der Waals surface area contributed by atoms with Crippen LogP contribution in [-0.4, -0.2) is 51.7 Å². The van der Waals surface area contributed by atoms with Crippen LogP contribution in [0.4, 0.5) is 0 Å². The van der Waals surface area contributed by atoms with Gasteiger partial charge in [0.05, 0.1) is 7.11 Å². The van der Waals surface area contributed by atoms with Gasteiger partial charge >= 0.3 is 5.97 Å². The van der Waals surface area contributed by atoms with Crippen molar-refractivity contribution in [1.29, 1.82) is 0 Å². The van der Waals surface area contributed by atoms with Gasteiger partial charge in [0.25, 0.3) is 5.91 Å². The fourth-order valence-electron chi connectivity index (χ4n) is 2.31. The van der Waals surface area contributed by atoms with Crippen LogP contribution in [0.25, 0.3) is 0 Å². The molecule has 1 amide bonds. The van der Waals surface area contributed by atoms with Crippen molar-refractivity contribution in [3.8, 4) is 0 Å². The van der Waals surface area contributed by atoms with Gasteiger partial charge in [0.1, 0.15) is 11.9 Å². The summed E-state index contributed by atoms with van der Waals surface area (Å²) in [4.78, 5) is 29.9. The molecule has 1 fully saturated rings. The van der Waals surface area contributed by atoms with E-state index in [9.17, 15) is 9.59 Å². The highest BCUT2D eigenvalue weighted by molar-refractivity contribution is 5.93. The molecule has 1 aliphatic rings. The van der Waals surface area contributed by atoms with Crippen molar-refractivity contribution in [2.24, 2.45) is 0 Å². The van der Waals surface area contributed by atoms with Crippen LogP contribution in [-0.2, 0) is 9.53 Å². The maximum atomic E-state index is 12.4. The van der Waals surface area contributed by atoms with E-state index in [4.69, 9.17) is 4.74 Å². The third-order valence-corrected chi connectivity index (χ3v) is 3.48. The molecule has 110 valence electrons. The van der Waals surface area contributed by atoms with Crippen molar-refractivity contribution in [2.45, 2.75) is 45.1 Å². The standard InChI is InChI=1S/C13H20N4O3/c1-8(2)10-14-11(16-15-10)12(18)17-7-5-4-6-9(17)13(19)20-3/h8-9H,4-7H2,1-3H3,(H,14,15,16). The Morgan fingerprint density at radius 2 is 2.15 bits per heavy atom. The Hall–Kier alpha value is -1.92. The predicted molar refractivity (Wildman–Crippen MR) is 71.2 cm³/mol. The van der Waals surface area contributed by atoms with Crippen LogP contribution in [0.5, 0.6) is 0 Å². The highest BCUT2D eigenvalue weighted by Gasteiger charge is 2.34. The van der Waals surface area contributed by atoms with Crippen molar-refractivity contribution in [2.75, 3.05) is 13.7 Å². The number of methoxy groups -OCH3 is 1. The number of carbonyl (C=O) groups is 2. The number of nitrogens with one attached hydrogen (secondary N) is 1. The maximum absolute atomic E-state index is 12.4. The monoisotopic (exact) mass is 280 g/mol. The lowest BCUT2D eigenvalue weighted by atomic mass is 10.0. The molecule has 1 saturated heterocycles. The average Bonchev–Trinajstić information content (AvgIpc) is 2.95. The second-order valence-electron chi connectivity index (χ2n) is 5.23. The van der Waals surface area contributed by atoms with Crippen LogP contribution in [0, 0.1) is 0 Å². The number of likely N-dealkylation sites (tertiary alicyclic amines) is 1. The van der Waals surface area contributed by atoms with Gasteiger partial charge in [-0.1, -0.05) is 13.8 Å². The minimum absolute atomic E-state index is 0.115. The molecule has 7 heteroatoms. The summed E-state index contributed by atoms with van der Waals surface area (Å²) in [5, 5.41) is 6.71. The fourth-order valence-corrected chi connectivity index (χ4v) is 2.31. The molecule has 1 N–H and O–H groups in total. The number of piperidine rings is 1. The fraction of sp³-hybridized carbons (Fsp3) is 0.692. The normalized spacial score (nSPS) is 19.2. The van der Waals surface area contributed by atoms with E-state index in [1.165, 1.54) is 12.0 Å². The summed E-state index contributed by atoms with van der Waals surface area (Å²) in [5.41, 5.74) is 0. The van der Waals surface area contributed by atoms with E-state index in [0.717, 1.165) is 12.8 Å². The zero-order valence-electron chi connectivity index (χ0n) is 12.0. The third-order valence-electron chi connectivity index (χ3n) is 3.48. The van der Waals surface area contributed by atoms with Crippen LogP contribution in [0.2, 0.25) is 0 Å². The van der Waals surface area contributed by atoms with Crippen LogP contribution in [0.15, 0.2) is 0 Å². The Balaban J connectivity index is 2.18. The van der Waals surface area contributed by atoms with Gasteiger partial charge in [0.15, 0.2) is 0 Å². The molecule has 1 aromatic heterocycles. The van der Waals surface area contributed by atoms with Crippen molar-refractivity contribution in [3.05, 3.63) is 11.6 Å². The van der Waals surface area contributed by atoms with Gasteiger partial charge in [0, 0.05) is 12.5 Å². The van der Waals surface area contributed by atoms with Crippen LogP contribution < -0.4 is 0 Å². The Kier molecular flexibility index (Phi) is 4.36. The molecule has 7 nitrogen and oxygen atoms in total. The molecule has 2 rings (SSSR count). The summed E-state index contributed by atoms with van der Waals surface area (Å²) in [5.74, 6) is 0.257. The van der Waals surface area contributed by atoms with Crippen LogP contribution >= 0.6 is 0 Å². The number of aromatic nitrogens is 3. The molecule has 0 spiro atoms. The number of H-pyrrole nitrogens is 1. The van der Waals surface area contributed by atoms with E-state index in [-0.39, 0.29) is 23.6 Å². The summed E-state index contributed by atoms with van der Waals surface area (Å²) in [7, 11) is 1.34. The number of aromatic amines is 1. The van der Waals surface area contributed by atoms with E-state index in [2.05, 4.69) is 15.2 Å². The van der Waals surface area contributed by atoms with E-state index in [1.807, 2.05) is 13.8 Å². The molecular weight excluding hydrogens is 260 g/mol. The van der Waals surface area contributed by atoms with E-state index in [1.54, 1.807) is 0 Å². The van der Waals surface area contributed by atoms with E-state index < -0.39 is 6.04 Å². The van der Waals surface area contributed by atoms with Gasteiger partial charge < -0.3 is 9.64 Å². The first-order valence-corrected chi connectivity index (χ1v) is 6.85. The van der Waals surface area contributed by atoms with Gasteiger partial charge in [-0.3, -0.25) is 9.89 Å². The topological polar surface area (TPSA) is 88.2 Å². The lowest BCUT2D eigenvalue weighted by Gasteiger charge is -2.32. The Morgan fingerprint density at radius 3 is 2.75 bits per heavy atom. The number of nitrogens with zero attached hydrogens (tertiary/aromatic N) is 3. The number of amides is 1. The molecule has 1 aliphatic heterocycles. The van der Waals surface area contributed by atoms with E-state index >= 15 is 0 Å². The summed E-state index contributed by atoms with van der Waals surface area (Å²) in [6.07, 6.45) is 2.41. The maximum Gasteiger partial charge on any atom is 0.328 e. The highest BCUT2D eigenvalue weighted by Crippen LogP contribution is 2.20. The average molecular weight is 280 g/mol. The molecule has 1 aromatic rings. The molecule has 1 unspecified atom stereocenters. The van der Waals surface area contributed by atoms with Crippen molar-refractivity contribution in [3.63, 3.8) is 0 Å². The second-order valence-corrected chi connectivity index (χ2v) is 5.23. The van der Waals surface area contributed by atoms with Crippen molar-refractivity contribution < 1.29 is 14.3 Å². The molecule has 1 atom stereocenters. The van der Waals surface area contributed by atoms with Gasteiger partial charge in [-0.25, -0.2) is 9.78 Å². The Labute approximate surface area is 117 Å². The summed E-state index contributed by atoms with van der Waals surface area (Å²) in [6, 6.07) is -0.526. The first-order valence-electron chi connectivity index (χ1n) is 6.85. The molecule has 0 bridgehead atoms. The molecule has 20 heavy (non-hydrogen) atoms. The number of rotatable bonds is 3. The molecule has 0 radical (unpaired) electrons. The zero-order chi connectivity index (χ0) is 14.7. The number of esters is 1. The number of hydrogen-bond acceptors (Lipinski definition) is 5. The smallest absolute Gasteiger partial charge is 0.328 e. The molecule has 2 heterocycles.